The number of hydrogen-bond acceptors (Lipinski definition) is 20. The second-order valence-corrected chi connectivity index (χ2v) is 26.1. The molecule has 0 aromatic heterocycles. The average molecular weight is 1130 g/mol. The second kappa shape index (κ2) is 23.6. The van der Waals surface area contributed by atoms with Gasteiger partial charge in [-0.05, 0) is 115 Å². The molecule has 78 heavy (non-hydrogen) atoms. The summed E-state index contributed by atoms with van der Waals surface area (Å²) in [5.41, 5.74) is -8.76. The van der Waals surface area contributed by atoms with E-state index in [1.54, 1.807) is 83.1 Å². The monoisotopic (exact) mass is 1130 g/mol. The second-order valence-electron chi connectivity index (χ2n) is 24.4. The van der Waals surface area contributed by atoms with Gasteiger partial charge in [-0.25, -0.2) is 32.3 Å². The van der Waals surface area contributed by atoms with Crippen molar-refractivity contribution in [2.24, 2.45) is 5.92 Å². The number of nitrogens with zero attached hydrogens (tertiary/aromatic N) is 2. The Labute approximate surface area is 453 Å². The number of nitro groups is 1. The van der Waals surface area contributed by atoms with Crippen molar-refractivity contribution in [3.05, 3.63) is 46.2 Å². The molecule has 5 amide bonds. The molecule has 2 aliphatic carbocycles. The van der Waals surface area contributed by atoms with Crippen LogP contribution in [0.4, 0.5) is 24.9 Å². The zero-order valence-electron chi connectivity index (χ0n) is 46.6. The molecule has 440 valence electrons. The van der Waals surface area contributed by atoms with Crippen molar-refractivity contribution in [2.45, 2.75) is 215 Å². The standard InChI is InChI=1S/C50H79N7O20S/c1-45(2,3)74-41(61)52-26-22-50(66,23-26)40(60)53-30-21-29(55-43(63)76-47(7,8)9)33(34(58)37(30)73-39-35(59)38(49(13,65)25-71-39)56(14)44(64)77-48(10,11)12)36-28(54-42(62)75-46(4,5)6)20-19-27(72-36)24-51-78(69,70)32-18-16-15-17-31(32)57(67)68/h15-19,26,28-30,33-39,51,58-59,65-66H,20-25H2,1-14H3,(H,52,61)(H,53,60)(H,54,62)(H,55,63)/t26?,28-,29+,30-,33?,34+,35-,36+,37+,38-,39-,49+,50?/m1/s1. The van der Waals surface area contributed by atoms with Crippen LogP contribution in [-0.4, -0.2) is 184 Å². The smallest absolute Gasteiger partial charge is 0.410 e. The number of nitrogens with one attached hydrogen (secondary N) is 5. The molecule has 4 aliphatic rings. The van der Waals surface area contributed by atoms with E-state index in [-0.39, 0.29) is 25.0 Å². The fraction of sp³-hybridized carbons (Fsp3) is 0.740. The first-order chi connectivity index (χ1) is 35.6. The van der Waals surface area contributed by atoms with Gasteiger partial charge in [0.15, 0.2) is 11.2 Å². The maximum absolute atomic E-state index is 14.3. The lowest BCUT2D eigenvalue weighted by Gasteiger charge is -2.52. The molecule has 2 heterocycles. The minimum absolute atomic E-state index is 0.108. The van der Waals surface area contributed by atoms with Crippen LogP contribution in [0.15, 0.2) is 41.0 Å². The quantitative estimate of drug-likeness (QED) is 0.0734. The van der Waals surface area contributed by atoms with Gasteiger partial charge < -0.3 is 79.8 Å². The zero-order valence-corrected chi connectivity index (χ0v) is 47.4. The number of alkyl carbamates (subject to hydrolysis) is 3. The van der Waals surface area contributed by atoms with Crippen LogP contribution in [0.3, 0.4) is 0 Å². The van der Waals surface area contributed by atoms with Crippen molar-refractivity contribution in [1.82, 2.24) is 30.9 Å². The van der Waals surface area contributed by atoms with Crippen LogP contribution in [0.5, 0.6) is 0 Å². The van der Waals surface area contributed by atoms with Gasteiger partial charge in [-0.1, -0.05) is 12.1 Å². The summed E-state index contributed by atoms with van der Waals surface area (Å²) in [5.74, 6) is -2.59. The van der Waals surface area contributed by atoms with Gasteiger partial charge in [-0.15, -0.1) is 0 Å². The van der Waals surface area contributed by atoms with Crippen LogP contribution in [-0.2, 0) is 48.0 Å². The van der Waals surface area contributed by atoms with Gasteiger partial charge in [-0.3, -0.25) is 14.9 Å². The Morgan fingerprint density at radius 3 is 1.85 bits per heavy atom. The van der Waals surface area contributed by atoms with Gasteiger partial charge in [0.2, 0.25) is 10.0 Å². The molecule has 1 saturated heterocycles. The van der Waals surface area contributed by atoms with Crippen molar-refractivity contribution < 1.29 is 90.9 Å². The number of aliphatic hydroxyl groups is 4. The molecule has 0 bridgehead atoms. The number of benzene rings is 1. The van der Waals surface area contributed by atoms with E-state index in [4.69, 9.17) is 33.2 Å². The summed E-state index contributed by atoms with van der Waals surface area (Å²) >= 11 is 0. The Morgan fingerprint density at radius 2 is 1.31 bits per heavy atom. The van der Waals surface area contributed by atoms with E-state index in [0.717, 1.165) is 17.0 Å². The molecular weight excluding hydrogens is 1050 g/mol. The van der Waals surface area contributed by atoms with E-state index in [9.17, 15) is 62.9 Å². The summed E-state index contributed by atoms with van der Waals surface area (Å²) < 4.78 is 70.5. The van der Waals surface area contributed by atoms with Crippen LogP contribution in [0.1, 0.15) is 116 Å². The van der Waals surface area contributed by atoms with E-state index in [2.05, 4.69) is 26.0 Å². The Balaban J connectivity index is 1.59. The van der Waals surface area contributed by atoms with Crippen LogP contribution < -0.4 is 26.0 Å². The SMILES string of the molecule is CN(C(=O)OC(C)(C)C)[C@@H]1[C@@H](O)[C@@H](O[C@H]2[C@H](NC(=O)C3(O)CC(NC(=O)OC(C)(C)C)C3)C[C@H](NC(=O)OC(C)(C)C)C([C@H]3OC(CNS(=O)(=O)c4ccccc4[N+](=O)[O-])=CC[C@H]3NC(=O)OC(C)(C)C)[C@@H]2O)OC[C@]1(C)O. The fourth-order valence-electron chi connectivity index (χ4n) is 9.59. The first-order valence-electron chi connectivity index (χ1n) is 25.5. The summed E-state index contributed by atoms with van der Waals surface area (Å²) in [6, 6.07) is -1.55. The molecule has 1 aromatic carbocycles. The van der Waals surface area contributed by atoms with Crippen molar-refractivity contribution in [1.29, 1.82) is 0 Å². The van der Waals surface area contributed by atoms with E-state index in [0.29, 0.717) is 0 Å². The minimum Gasteiger partial charge on any atom is -0.491 e. The molecule has 27 nitrogen and oxygen atoms in total. The zero-order chi connectivity index (χ0) is 58.9. The van der Waals surface area contributed by atoms with Gasteiger partial charge in [0.1, 0.15) is 57.7 Å². The Morgan fingerprint density at radius 1 is 0.782 bits per heavy atom. The molecule has 1 unspecified atom stereocenters. The molecule has 2 aliphatic heterocycles. The van der Waals surface area contributed by atoms with Gasteiger partial charge in [0.25, 0.3) is 11.6 Å². The summed E-state index contributed by atoms with van der Waals surface area (Å²) in [6.45, 7) is 19.5. The fourth-order valence-corrected chi connectivity index (χ4v) is 10.8. The first-order valence-corrected chi connectivity index (χ1v) is 27.0. The highest BCUT2D eigenvalue weighted by Crippen LogP contribution is 2.40. The molecule has 9 N–H and O–H groups in total. The summed E-state index contributed by atoms with van der Waals surface area (Å²) in [7, 11) is -3.34. The number of ether oxygens (including phenoxy) is 7. The number of sulfonamides is 1. The minimum atomic E-state index is -4.62. The first kappa shape index (κ1) is 63.2. The van der Waals surface area contributed by atoms with Gasteiger partial charge in [0.05, 0.1) is 42.3 Å². The lowest BCUT2D eigenvalue weighted by Crippen LogP contribution is -2.72. The maximum Gasteiger partial charge on any atom is 0.410 e. The third-order valence-corrected chi connectivity index (χ3v) is 14.2. The van der Waals surface area contributed by atoms with E-state index >= 15 is 0 Å². The summed E-state index contributed by atoms with van der Waals surface area (Å²) in [4.78, 5) is 79.0. The van der Waals surface area contributed by atoms with Crippen LogP contribution in [0, 0.1) is 16.0 Å². The summed E-state index contributed by atoms with van der Waals surface area (Å²) in [6.07, 6.45) is -12.4. The van der Waals surface area contributed by atoms with Crippen LogP contribution in [0.2, 0.25) is 0 Å². The predicted octanol–water partition coefficient (Wildman–Crippen LogP) is 2.71. The van der Waals surface area contributed by atoms with E-state index < -0.39 is 176 Å². The van der Waals surface area contributed by atoms with Crippen molar-refractivity contribution >= 4 is 46.0 Å². The number of amides is 5. The number of para-hydroxylation sites is 1. The third-order valence-electron chi connectivity index (χ3n) is 12.8. The molecular formula is C50H79N7O20S. The Hall–Kier alpha value is -5.62. The Kier molecular flexibility index (Phi) is 19.1. The molecule has 0 spiro atoms. The number of likely N-dealkylation sites (N-methyl/N-ethyl adjacent to an activating group) is 1. The van der Waals surface area contributed by atoms with E-state index in [1.165, 1.54) is 32.2 Å². The number of carbonyl (C=O) groups excluding carboxylic acids is 5. The predicted molar refractivity (Wildman–Crippen MR) is 275 cm³/mol. The molecule has 3 fully saturated rings. The molecule has 1 aromatic rings. The molecule has 2 saturated carbocycles. The largest absolute Gasteiger partial charge is 0.491 e. The van der Waals surface area contributed by atoms with Crippen LogP contribution >= 0.6 is 0 Å². The number of rotatable bonds is 14. The van der Waals surface area contributed by atoms with Crippen LogP contribution in [0.25, 0.3) is 0 Å². The summed E-state index contributed by atoms with van der Waals surface area (Å²) in [5, 5.41) is 71.0. The highest BCUT2D eigenvalue weighted by atomic mass is 32.2. The lowest BCUT2D eigenvalue weighted by molar-refractivity contribution is -0.387. The normalized spacial score (nSPS) is 30.6. The number of carbonyl (C=O) groups is 5. The van der Waals surface area contributed by atoms with Gasteiger partial charge >= 0.3 is 24.4 Å². The number of hydrogen-bond donors (Lipinski definition) is 9. The third kappa shape index (κ3) is 16.7. The van der Waals surface area contributed by atoms with E-state index in [1.807, 2.05) is 0 Å². The molecule has 5 rings (SSSR count). The lowest BCUT2D eigenvalue weighted by atomic mass is 9.71. The number of aliphatic hydroxyl groups excluding tert-OH is 2. The maximum atomic E-state index is 14.3. The molecule has 28 heteroatoms. The van der Waals surface area contributed by atoms with Gasteiger partial charge in [-0.2, -0.15) is 0 Å². The van der Waals surface area contributed by atoms with Crippen molar-refractivity contribution in [3.8, 4) is 0 Å². The Bertz CT molecular complexity index is 2510. The van der Waals surface area contributed by atoms with Crippen molar-refractivity contribution in [3.63, 3.8) is 0 Å². The number of nitro benzene ring substituents is 1. The van der Waals surface area contributed by atoms with Gasteiger partial charge in [0, 0.05) is 44.0 Å². The topological polar surface area (TPSA) is 372 Å². The molecule has 11 atom stereocenters. The highest BCUT2D eigenvalue weighted by Gasteiger charge is 2.58. The average Bonchev–Trinajstić information content (AvgIpc) is 3.25. The van der Waals surface area contributed by atoms with Crippen molar-refractivity contribution in [2.75, 3.05) is 20.2 Å². The highest BCUT2D eigenvalue weighted by molar-refractivity contribution is 7.89. The molecule has 0 radical (unpaired) electrons.